The first-order valence-electron chi connectivity index (χ1n) is 10.9. The van der Waals surface area contributed by atoms with Crippen LogP contribution in [0.1, 0.15) is 56.9 Å². The molecule has 0 radical (unpaired) electrons. The van der Waals surface area contributed by atoms with Gasteiger partial charge in [-0.05, 0) is 43.4 Å². The number of hydrogen-bond donors (Lipinski definition) is 4. The number of halogens is 1. The standard InChI is InChI=1S/C22H32ClN3O4/c23-16-8-6-15(7-9-16)13-24-21(28)12-18-10-11-19(20(14-27)30-18)26-22(29)25-17-4-2-1-3-5-17/h6-9,17-20,27H,1-5,10-14H2,(H,24,28)(H2,25,26,29)/t18-,19-,20-/m0/s1. The molecule has 1 heterocycles. The van der Waals surface area contributed by atoms with E-state index in [2.05, 4.69) is 16.0 Å². The second-order valence-corrected chi connectivity index (χ2v) is 8.66. The van der Waals surface area contributed by atoms with Crippen LogP contribution in [0.2, 0.25) is 5.02 Å². The molecule has 1 aliphatic carbocycles. The number of urea groups is 1. The summed E-state index contributed by atoms with van der Waals surface area (Å²) in [5.74, 6) is -0.104. The van der Waals surface area contributed by atoms with Crippen LogP contribution >= 0.6 is 11.6 Å². The van der Waals surface area contributed by atoms with E-state index in [1.807, 2.05) is 12.1 Å². The molecular weight excluding hydrogens is 406 g/mol. The highest BCUT2D eigenvalue weighted by Crippen LogP contribution is 2.22. The number of benzene rings is 1. The summed E-state index contributed by atoms with van der Waals surface area (Å²) < 4.78 is 5.91. The van der Waals surface area contributed by atoms with E-state index in [9.17, 15) is 14.7 Å². The predicted octanol–water partition coefficient (Wildman–Crippen LogP) is 2.89. The fraction of sp³-hybridized carbons (Fsp3) is 0.636. The molecule has 0 bridgehead atoms. The van der Waals surface area contributed by atoms with Gasteiger partial charge in [0.25, 0.3) is 0 Å². The number of carbonyl (C=O) groups excluding carboxylic acids is 2. The van der Waals surface area contributed by atoms with E-state index in [1.54, 1.807) is 12.1 Å². The van der Waals surface area contributed by atoms with Gasteiger partial charge in [-0.25, -0.2) is 4.79 Å². The van der Waals surface area contributed by atoms with E-state index < -0.39 is 6.10 Å². The molecular formula is C22H32ClN3O4. The maximum absolute atomic E-state index is 12.3. The zero-order valence-corrected chi connectivity index (χ0v) is 18.0. The number of carbonyl (C=O) groups is 2. The van der Waals surface area contributed by atoms with Gasteiger partial charge in [-0.15, -0.1) is 0 Å². The molecule has 3 amide bonds. The number of aliphatic hydroxyl groups is 1. The summed E-state index contributed by atoms with van der Waals surface area (Å²) in [7, 11) is 0. The van der Waals surface area contributed by atoms with Crippen molar-refractivity contribution in [1.29, 1.82) is 0 Å². The number of ether oxygens (including phenoxy) is 1. The molecule has 1 aromatic carbocycles. The third kappa shape index (κ3) is 7.15. The van der Waals surface area contributed by atoms with Crippen molar-refractivity contribution in [3.63, 3.8) is 0 Å². The Balaban J connectivity index is 1.40. The fourth-order valence-electron chi connectivity index (χ4n) is 4.17. The quantitative estimate of drug-likeness (QED) is 0.527. The Bertz CT molecular complexity index is 694. The molecule has 1 saturated heterocycles. The molecule has 0 aromatic heterocycles. The van der Waals surface area contributed by atoms with Gasteiger partial charge >= 0.3 is 6.03 Å². The normalized spacial score (nSPS) is 24.8. The zero-order valence-electron chi connectivity index (χ0n) is 17.2. The first kappa shape index (κ1) is 22.8. The van der Waals surface area contributed by atoms with Gasteiger partial charge in [0.05, 0.1) is 25.2 Å². The van der Waals surface area contributed by atoms with Crippen molar-refractivity contribution < 1.29 is 19.4 Å². The predicted molar refractivity (Wildman–Crippen MR) is 115 cm³/mol. The maximum Gasteiger partial charge on any atom is 0.315 e. The van der Waals surface area contributed by atoms with Crippen LogP contribution < -0.4 is 16.0 Å². The van der Waals surface area contributed by atoms with Crippen molar-refractivity contribution >= 4 is 23.5 Å². The van der Waals surface area contributed by atoms with Crippen molar-refractivity contribution in [3.05, 3.63) is 34.9 Å². The summed E-state index contributed by atoms with van der Waals surface area (Å²) >= 11 is 5.87. The zero-order chi connectivity index (χ0) is 21.3. The highest BCUT2D eigenvalue weighted by molar-refractivity contribution is 6.30. The van der Waals surface area contributed by atoms with Crippen molar-refractivity contribution in [2.24, 2.45) is 0 Å². The van der Waals surface area contributed by atoms with Crippen molar-refractivity contribution in [2.45, 2.75) is 82.2 Å². The average molecular weight is 438 g/mol. The van der Waals surface area contributed by atoms with Gasteiger partial charge in [-0.2, -0.15) is 0 Å². The lowest BCUT2D eigenvalue weighted by Crippen LogP contribution is -2.55. The first-order chi connectivity index (χ1) is 14.5. The lowest BCUT2D eigenvalue weighted by Gasteiger charge is -2.36. The Morgan fingerprint density at radius 3 is 2.47 bits per heavy atom. The van der Waals surface area contributed by atoms with Crippen molar-refractivity contribution in [1.82, 2.24) is 16.0 Å². The molecule has 4 N–H and O–H groups in total. The SMILES string of the molecule is O=C(C[C@@H]1CC[C@H](NC(=O)NC2CCCCC2)[C@H](CO)O1)NCc1ccc(Cl)cc1. The number of aliphatic hydroxyl groups excluding tert-OH is 1. The highest BCUT2D eigenvalue weighted by atomic mass is 35.5. The molecule has 0 unspecified atom stereocenters. The van der Waals surface area contributed by atoms with Gasteiger partial charge in [-0.3, -0.25) is 4.79 Å². The van der Waals surface area contributed by atoms with E-state index in [0.717, 1.165) is 31.2 Å². The molecule has 0 spiro atoms. The minimum Gasteiger partial charge on any atom is -0.394 e. The Kier molecular flexibility index (Phi) is 8.78. The third-order valence-corrected chi connectivity index (χ3v) is 6.12. The smallest absolute Gasteiger partial charge is 0.315 e. The molecule has 2 fully saturated rings. The van der Waals surface area contributed by atoms with Crippen LogP contribution in [0.25, 0.3) is 0 Å². The van der Waals surface area contributed by atoms with Gasteiger partial charge in [0.15, 0.2) is 0 Å². The van der Waals surface area contributed by atoms with Gasteiger partial charge < -0.3 is 25.8 Å². The third-order valence-electron chi connectivity index (χ3n) is 5.87. The molecule has 30 heavy (non-hydrogen) atoms. The molecule has 3 atom stereocenters. The Hall–Kier alpha value is -1.83. The molecule has 2 aliphatic rings. The topological polar surface area (TPSA) is 99.7 Å². The maximum atomic E-state index is 12.3. The summed E-state index contributed by atoms with van der Waals surface area (Å²) in [5.41, 5.74) is 0.971. The monoisotopic (exact) mass is 437 g/mol. The van der Waals surface area contributed by atoms with E-state index in [4.69, 9.17) is 16.3 Å². The van der Waals surface area contributed by atoms with E-state index in [-0.39, 0.29) is 43.2 Å². The minimum atomic E-state index is -0.509. The van der Waals surface area contributed by atoms with E-state index >= 15 is 0 Å². The van der Waals surface area contributed by atoms with Crippen molar-refractivity contribution in [2.75, 3.05) is 6.61 Å². The summed E-state index contributed by atoms with van der Waals surface area (Å²) in [4.78, 5) is 24.6. The van der Waals surface area contributed by atoms with Crippen LogP contribution in [0, 0.1) is 0 Å². The van der Waals surface area contributed by atoms with E-state index in [0.29, 0.717) is 24.4 Å². The Morgan fingerprint density at radius 2 is 1.77 bits per heavy atom. The molecule has 166 valence electrons. The molecule has 7 nitrogen and oxygen atoms in total. The first-order valence-corrected chi connectivity index (χ1v) is 11.3. The number of amides is 3. The Morgan fingerprint density at radius 1 is 1.03 bits per heavy atom. The fourth-order valence-corrected chi connectivity index (χ4v) is 4.30. The van der Waals surface area contributed by atoms with Crippen LogP contribution in [0.5, 0.6) is 0 Å². The van der Waals surface area contributed by atoms with Gasteiger partial charge in [0.2, 0.25) is 5.91 Å². The van der Waals surface area contributed by atoms with Crippen LogP contribution in [-0.2, 0) is 16.1 Å². The van der Waals surface area contributed by atoms with Gasteiger partial charge in [0, 0.05) is 17.6 Å². The Labute approximate surface area is 182 Å². The number of nitrogens with one attached hydrogen (secondary N) is 3. The van der Waals surface area contributed by atoms with Gasteiger partial charge in [0.1, 0.15) is 6.10 Å². The molecule has 1 saturated carbocycles. The second-order valence-electron chi connectivity index (χ2n) is 8.22. The largest absolute Gasteiger partial charge is 0.394 e. The van der Waals surface area contributed by atoms with Crippen LogP contribution in [0.4, 0.5) is 4.79 Å². The molecule has 3 rings (SSSR count). The van der Waals surface area contributed by atoms with Crippen LogP contribution in [0.15, 0.2) is 24.3 Å². The summed E-state index contributed by atoms with van der Waals surface area (Å²) in [6.45, 7) is 0.231. The lowest BCUT2D eigenvalue weighted by atomic mass is 9.95. The minimum absolute atomic E-state index is 0.104. The summed E-state index contributed by atoms with van der Waals surface area (Å²) in [5, 5.41) is 19.2. The highest BCUT2D eigenvalue weighted by Gasteiger charge is 2.33. The van der Waals surface area contributed by atoms with E-state index in [1.165, 1.54) is 6.42 Å². The second kappa shape index (κ2) is 11.5. The molecule has 1 aromatic rings. The summed E-state index contributed by atoms with van der Waals surface area (Å²) in [6.07, 6.45) is 6.34. The molecule has 8 heteroatoms. The van der Waals surface area contributed by atoms with Crippen molar-refractivity contribution in [3.8, 4) is 0 Å². The van der Waals surface area contributed by atoms with Crippen LogP contribution in [-0.4, -0.2) is 47.9 Å². The average Bonchev–Trinajstić information content (AvgIpc) is 2.75. The molecule has 1 aliphatic heterocycles. The lowest BCUT2D eigenvalue weighted by molar-refractivity contribution is -0.130. The number of rotatable bonds is 7. The van der Waals surface area contributed by atoms with Gasteiger partial charge in [-0.1, -0.05) is 43.0 Å². The summed E-state index contributed by atoms with van der Waals surface area (Å²) in [6, 6.07) is 7.09. The number of hydrogen-bond acceptors (Lipinski definition) is 4. The van der Waals surface area contributed by atoms with Crippen LogP contribution in [0.3, 0.4) is 0 Å².